The molecule has 0 aliphatic heterocycles. The Labute approximate surface area is 109 Å². The van der Waals surface area contributed by atoms with Gasteiger partial charge in [0.05, 0.1) is 5.60 Å². The van der Waals surface area contributed by atoms with Crippen LogP contribution in [0.3, 0.4) is 0 Å². The van der Waals surface area contributed by atoms with E-state index in [2.05, 4.69) is 18.8 Å². The molecular weight excluding hydrogens is 224 g/mol. The van der Waals surface area contributed by atoms with E-state index in [1.165, 1.54) is 12.8 Å². The van der Waals surface area contributed by atoms with Gasteiger partial charge in [-0.05, 0) is 43.6 Å². The monoisotopic (exact) mass is 248 g/mol. The van der Waals surface area contributed by atoms with Crippen molar-refractivity contribution in [1.29, 1.82) is 0 Å². The molecule has 1 fully saturated rings. The molecule has 0 radical (unpaired) electrons. The van der Waals surface area contributed by atoms with Crippen LogP contribution in [0.25, 0.3) is 0 Å². The lowest BCUT2D eigenvalue weighted by Gasteiger charge is -2.38. The lowest BCUT2D eigenvalue weighted by molar-refractivity contribution is -0.0240. The highest BCUT2D eigenvalue weighted by Gasteiger charge is 2.37. The predicted molar refractivity (Wildman–Crippen MR) is 74.0 cm³/mol. The van der Waals surface area contributed by atoms with Crippen LogP contribution < -0.4 is 5.73 Å². The summed E-state index contributed by atoms with van der Waals surface area (Å²) in [7, 11) is 0. The lowest BCUT2D eigenvalue weighted by Crippen LogP contribution is -2.34. The molecule has 1 saturated carbocycles. The minimum absolute atomic E-state index is 0.477. The predicted octanol–water partition coefficient (Wildman–Crippen LogP) is 3.09. The molecule has 1 aromatic rings. The van der Waals surface area contributed by atoms with Gasteiger partial charge in [-0.2, -0.15) is 0 Å². The van der Waals surface area contributed by atoms with E-state index in [1.807, 2.05) is 12.1 Å². The summed E-state index contributed by atoms with van der Waals surface area (Å²) in [6, 6.07) is 3.77. The van der Waals surface area contributed by atoms with E-state index in [1.54, 1.807) is 6.20 Å². The molecule has 0 amide bonds. The van der Waals surface area contributed by atoms with Gasteiger partial charge < -0.3 is 10.8 Å². The van der Waals surface area contributed by atoms with Gasteiger partial charge in [0.1, 0.15) is 5.82 Å². The standard InChI is InChI=1S/C15H24N2O/c1-11(2)9-12-5-3-7-15(18,10-12)13-6-4-8-17-14(13)16/h4,6,8,11-12,18H,3,5,7,9-10H2,1-2H3,(H2,16,17). The summed E-state index contributed by atoms with van der Waals surface area (Å²) in [5.41, 5.74) is 5.96. The second-order valence-electron chi connectivity index (χ2n) is 6.06. The van der Waals surface area contributed by atoms with Gasteiger partial charge in [0.2, 0.25) is 0 Å². The molecule has 3 heteroatoms. The Bertz CT molecular complexity index is 405. The van der Waals surface area contributed by atoms with Crippen molar-refractivity contribution in [2.45, 2.75) is 51.6 Å². The smallest absolute Gasteiger partial charge is 0.129 e. The fraction of sp³-hybridized carbons (Fsp3) is 0.667. The minimum atomic E-state index is -0.768. The van der Waals surface area contributed by atoms with Crippen LogP contribution in [0.5, 0.6) is 0 Å². The summed E-state index contributed by atoms with van der Waals surface area (Å²) in [5, 5.41) is 10.9. The number of hydrogen-bond donors (Lipinski definition) is 2. The zero-order valence-corrected chi connectivity index (χ0v) is 11.4. The number of hydrogen-bond acceptors (Lipinski definition) is 3. The van der Waals surface area contributed by atoms with Crippen LogP contribution in [-0.2, 0) is 5.60 Å². The SMILES string of the molecule is CC(C)CC1CCCC(O)(c2cccnc2N)C1. The van der Waals surface area contributed by atoms with Crippen molar-refractivity contribution in [3.8, 4) is 0 Å². The van der Waals surface area contributed by atoms with Crippen molar-refractivity contribution < 1.29 is 5.11 Å². The Kier molecular flexibility index (Phi) is 3.91. The third kappa shape index (κ3) is 2.83. The van der Waals surface area contributed by atoms with E-state index in [-0.39, 0.29) is 0 Å². The normalized spacial score (nSPS) is 28.6. The van der Waals surface area contributed by atoms with Crippen molar-refractivity contribution in [1.82, 2.24) is 4.98 Å². The molecule has 0 bridgehead atoms. The molecule has 2 rings (SSSR count). The summed E-state index contributed by atoms with van der Waals surface area (Å²) >= 11 is 0. The van der Waals surface area contributed by atoms with Gasteiger partial charge in [-0.1, -0.05) is 26.3 Å². The lowest BCUT2D eigenvalue weighted by atomic mass is 9.72. The fourth-order valence-corrected chi connectivity index (χ4v) is 3.29. The van der Waals surface area contributed by atoms with E-state index < -0.39 is 5.60 Å². The third-order valence-corrected chi connectivity index (χ3v) is 3.97. The maximum absolute atomic E-state index is 10.9. The van der Waals surface area contributed by atoms with Crippen molar-refractivity contribution in [3.63, 3.8) is 0 Å². The Morgan fingerprint density at radius 3 is 3.00 bits per heavy atom. The van der Waals surface area contributed by atoms with Crippen LogP contribution in [0, 0.1) is 11.8 Å². The quantitative estimate of drug-likeness (QED) is 0.864. The molecule has 1 aromatic heterocycles. The highest BCUT2D eigenvalue weighted by molar-refractivity contribution is 5.43. The van der Waals surface area contributed by atoms with Gasteiger partial charge in [-0.15, -0.1) is 0 Å². The van der Waals surface area contributed by atoms with E-state index >= 15 is 0 Å². The van der Waals surface area contributed by atoms with Gasteiger partial charge >= 0.3 is 0 Å². The maximum Gasteiger partial charge on any atom is 0.129 e. The van der Waals surface area contributed by atoms with Crippen molar-refractivity contribution in [2.75, 3.05) is 5.73 Å². The number of anilines is 1. The number of rotatable bonds is 3. The molecule has 0 aromatic carbocycles. The first-order valence-electron chi connectivity index (χ1n) is 6.94. The molecule has 2 unspecified atom stereocenters. The zero-order valence-electron chi connectivity index (χ0n) is 11.4. The van der Waals surface area contributed by atoms with E-state index in [0.29, 0.717) is 17.7 Å². The highest BCUT2D eigenvalue weighted by atomic mass is 16.3. The van der Waals surface area contributed by atoms with Crippen molar-refractivity contribution in [2.24, 2.45) is 11.8 Å². The zero-order chi connectivity index (χ0) is 13.2. The molecule has 1 aliphatic carbocycles. The Morgan fingerprint density at radius 1 is 1.56 bits per heavy atom. The topological polar surface area (TPSA) is 59.1 Å². The number of aliphatic hydroxyl groups is 1. The number of nitrogen functional groups attached to an aromatic ring is 1. The Hall–Kier alpha value is -1.09. The number of nitrogens with zero attached hydrogens (tertiary/aromatic N) is 1. The van der Waals surface area contributed by atoms with Gasteiger partial charge in [0, 0.05) is 11.8 Å². The molecule has 1 heterocycles. The molecule has 0 saturated heterocycles. The van der Waals surface area contributed by atoms with Crippen molar-refractivity contribution >= 4 is 5.82 Å². The van der Waals surface area contributed by atoms with Gasteiger partial charge in [0.15, 0.2) is 0 Å². The average Bonchev–Trinajstić information content (AvgIpc) is 2.28. The average molecular weight is 248 g/mol. The third-order valence-electron chi connectivity index (χ3n) is 3.97. The van der Waals surface area contributed by atoms with E-state index in [0.717, 1.165) is 24.8 Å². The summed E-state index contributed by atoms with van der Waals surface area (Å²) in [4.78, 5) is 4.10. The first-order chi connectivity index (χ1) is 8.51. The van der Waals surface area contributed by atoms with Crippen LogP contribution in [0.15, 0.2) is 18.3 Å². The molecule has 2 atom stereocenters. The summed E-state index contributed by atoms with van der Waals surface area (Å²) in [6.07, 6.45) is 6.78. The van der Waals surface area contributed by atoms with Crippen LogP contribution in [0.2, 0.25) is 0 Å². The first-order valence-corrected chi connectivity index (χ1v) is 6.94. The van der Waals surface area contributed by atoms with Crippen LogP contribution >= 0.6 is 0 Å². The molecule has 0 spiro atoms. The number of nitrogens with two attached hydrogens (primary N) is 1. The minimum Gasteiger partial charge on any atom is -0.385 e. The van der Waals surface area contributed by atoms with E-state index in [4.69, 9.17) is 5.73 Å². The van der Waals surface area contributed by atoms with Crippen LogP contribution in [0.4, 0.5) is 5.82 Å². The summed E-state index contributed by atoms with van der Waals surface area (Å²) in [6.45, 7) is 4.48. The number of aromatic nitrogens is 1. The Morgan fingerprint density at radius 2 is 2.33 bits per heavy atom. The Balaban J connectivity index is 2.18. The molecule has 3 nitrogen and oxygen atoms in total. The molecule has 100 valence electrons. The van der Waals surface area contributed by atoms with Crippen LogP contribution in [-0.4, -0.2) is 10.1 Å². The van der Waals surface area contributed by atoms with E-state index in [9.17, 15) is 5.11 Å². The maximum atomic E-state index is 10.9. The second kappa shape index (κ2) is 5.27. The first kappa shape index (κ1) is 13.3. The summed E-state index contributed by atoms with van der Waals surface area (Å²) < 4.78 is 0. The van der Waals surface area contributed by atoms with Crippen molar-refractivity contribution in [3.05, 3.63) is 23.9 Å². The van der Waals surface area contributed by atoms with Gasteiger partial charge in [0.25, 0.3) is 0 Å². The molecule has 18 heavy (non-hydrogen) atoms. The second-order valence-corrected chi connectivity index (χ2v) is 6.06. The molecule has 1 aliphatic rings. The fourth-order valence-electron chi connectivity index (χ4n) is 3.29. The highest BCUT2D eigenvalue weighted by Crippen LogP contribution is 2.43. The largest absolute Gasteiger partial charge is 0.385 e. The number of pyridine rings is 1. The molecule has 3 N–H and O–H groups in total. The van der Waals surface area contributed by atoms with Gasteiger partial charge in [-0.3, -0.25) is 0 Å². The summed E-state index contributed by atoms with van der Waals surface area (Å²) in [5.74, 6) is 1.76. The van der Waals surface area contributed by atoms with Crippen LogP contribution in [0.1, 0.15) is 51.5 Å². The molecular formula is C15H24N2O. The van der Waals surface area contributed by atoms with Gasteiger partial charge in [-0.25, -0.2) is 4.98 Å².